The monoisotopic (exact) mass is 388 g/mol. The molecule has 2 aromatic heterocycles. The molecule has 7 heteroatoms. The largest absolute Gasteiger partial charge is 0.377 e. The van der Waals surface area contributed by atoms with Gasteiger partial charge < -0.3 is 10.2 Å². The maximum Gasteiger partial charge on any atom is 0.247 e. The average molecular weight is 388 g/mol. The second kappa shape index (κ2) is 7.43. The Labute approximate surface area is 169 Å². The molecule has 0 saturated heterocycles. The van der Waals surface area contributed by atoms with Crippen LogP contribution in [0.4, 0.5) is 11.5 Å². The summed E-state index contributed by atoms with van der Waals surface area (Å²) in [7, 11) is 5.88. The maximum absolute atomic E-state index is 12.5. The smallest absolute Gasteiger partial charge is 0.247 e. The lowest BCUT2D eigenvalue weighted by Gasteiger charge is -2.17. The Morgan fingerprint density at radius 1 is 1.14 bits per heavy atom. The fourth-order valence-corrected chi connectivity index (χ4v) is 3.53. The summed E-state index contributed by atoms with van der Waals surface area (Å²) >= 11 is 0. The van der Waals surface area contributed by atoms with Crippen LogP contribution in [0.5, 0.6) is 0 Å². The Bertz CT molecular complexity index is 1190. The highest BCUT2D eigenvalue weighted by Gasteiger charge is 2.12. The molecule has 0 spiro atoms. The van der Waals surface area contributed by atoms with E-state index >= 15 is 0 Å². The Morgan fingerprint density at radius 2 is 1.93 bits per heavy atom. The summed E-state index contributed by atoms with van der Waals surface area (Å²) in [6.07, 6.45) is 1.80. The van der Waals surface area contributed by atoms with E-state index in [1.54, 1.807) is 22.6 Å². The Morgan fingerprint density at radius 3 is 2.66 bits per heavy atom. The molecule has 29 heavy (non-hydrogen) atoms. The van der Waals surface area contributed by atoms with E-state index in [1.807, 2.05) is 45.3 Å². The zero-order chi connectivity index (χ0) is 20.5. The van der Waals surface area contributed by atoms with Crippen molar-refractivity contribution in [1.82, 2.24) is 19.6 Å². The minimum absolute atomic E-state index is 0.139. The van der Waals surface area contributed by atoms with Gasteiger partial charge in [0, 0.05) is 43.8 Å². The van der Waals surface area contributed by atoms with Crippen molar-refractivity contribution in [2.75, 3.05) is 24.3 Å². The zero-order valence-electron chi connectivity index (χ0n) is 17.0. The van der Waals surface area contributed by atoms with Gasteiger partial charge in [-0.15, -0.1) is 0 Å². The summed E-state index contributed by atoms with van der Waals surface area (Å²) in [5, 5.41) is 12.6. The van der Waals surface area contributed by atoms with E-state index in [1.165, 1.54) is 0 Å². The quantitative estimate of drug-likeness (QED) is 0.569. The van der Waals surface area contributed by atoms with Crippen LogP contribution in [0.2, 0.25) is 0 Å². The molecular formula is C22H24N6O. The highest BCUT2D eigenvalue weighted by Crippen LogP contribution is 2.31. The van der Waals surface area contributed by atoms with Crippen LogP contribution in [-0.4, -0.2) is 39.6 Å². The van der Waals surface area contributed by atoms with Gasteiger partial charge in [-0.25, -0.2) is 0 Å². The summed E-state index contributed by atoms with van der Waals surface area (Å²) < 4.78 is 3.37. The van der Waals surface area contributed by atoms with E-state index in [0.717, 1.165) is 33.4 Å². The van der Waals surface area contributed by atoms with Crippen LogP contribution < -0.4 is 10.2 Å². The van der Waals surface area contributed by atoms with Crippen molar-refractivity contribution >= 4 is 28.3 Å². The predicted octanol–water partition coefficient (Wildman–Crippen LogP) is 3.45. The second-order valence-electron chi connectivity index (χ2n) is 7.33. The van der Waals surface area contributed by atoms with Gasteiger partial charge in [-0.05, 0) is 30.7 Å². The maximum atomic E-state index is 12.5. The van der Waals surface area contributed by atoms with Gasteiger partial charge >= 0.3 is 0 Å². The molecule has 2 heterocycles. The minimum atomic E-state index is -0.139. The normalized spacial score (nSPS) is 11.0. The number of aryl methyl sites for hydroxylation is 2. The summed E-state index contributed by atoms with van der Waals surface area (Å²) in [6, 6.07) is 16.4. The summed E-state index contributed by atoms with van der Waals surface area (Å²) in [5.41, 5.74) is 5.23. The van der Waals surface area contributed by atoms with E-state index in [4.69, 9.17) is 0 Å². The van der Waals surface area contributed by atoms with E-state index in [2.05, 4.69) is 44.7 Å². The molecule has 4 rings (SSSR count). The van der Waals surface area contributed by atoms with Crippen LogP contribution in [0.3, 0.4) is 0 Å². The van der Waals surface area contributed by atoms with Crippen LogP contribution in [0.15, 0.2) is 54.7 Å². The van der Waals surface area contributed by atoms with E-state index in [9.17, 15) is 4.79 Å². The van der Waals surface area contributed by atoms with Crippen molar-refractivity contribution in [3.63, 3.8) is 0 Å². The lowest BCUT2D eigenvalue weighted by atomic mass is 10.0. The molecule has 0 aliphatic heterocycles. The number of nitrogens with zero attached hydrogens (tertiary/aromatic N) is 5. The van der Waals surface area contributed by atoms with Crippen LogP contribution in [-0.2, 0) is 18.4 Å². The Balaban J connectivity index is 1.59. The molecule has 0 atom stereocenters. The summed E-state index contributed by atoms with van der Waals surface area (Å²) in [6.45, 7) is 2.03. The molecule has 0 bridgehead atoms. The first-order chi connectivity index (χ1) is 13.9. The van der Waals surface area contributed by atoms with Crippen molar-refractivity contribution in [2.24, 2.45) is 7.05 Å². The molecule has 0 aliphatic rings. The first-order valence-corrected chi connectivity index (χ1v) is 9.45. The number of aromatic nitrogens is 4. The molecule has 0 aliphatic carbocycles. The standard InChI is InChI=1S/C22H24N6O/c1-15-11-21(27(4)25-15)24-22(29)14-28-19-10-9-16(12-17(19)13-23-28)18-7-5-6-8-20(18)26(2)3/h5-13H,14H2,1-4H3,(H,24,29). The molecule has 1 N–H and O–H groups in total. The molecule has 2 aromatic carbocycles. The number of amides is 1. The third-order valence-corrected chi connectivity index (χ3v) is 4.90. The SMILES string of the molecule is Cc1cc(NC(=O)Cn2ncc3cc(-c4ccccc4N(C)C)ccc32)n(C)n1. The van der Waals surface area contributed by atoms with Crippen LogP contribution >= 0.6 is 0 Å². The van der Waals surface area contributed by atoms with Gasteiger partial charge in [-0.3, -0.25) is 14.2 Å². The van der Waals surface area contributed by atoms with Crippen molar-refractivity contribution in [3.8, 4) is 11.1 Å². The van der Waals surface area contributed by atoms with Gasteiger partial charge in [-0.2, -0.15) is 10.2 Å². The number of benzene rings is 2. The molecule has 1 amide bonds. The third-order valence-electron chi connectivity index (χ3n) is 4.90. The predicted molar refractivity (Wildman–Crippen MR) is 116 cm³/mol. The number of fused-ring (bicyclic) bond motifs is 1. The van der Waals surface area contributed by atoms with E-state index < -0.39 is 0 Å². The highest BCUT2D eigenvalue weighted by atomic mass is 16.2. The first kappa shape index (κ1) is 18.7. The number of carbonyl (C=O) groups excluding carboxylic acids is 1. The molecule has 0 saturated carbocycles. The Kier molecular flexibility index (Phi) is 4.80. The number of hydrogen-bond acceptors (Lipinski definition) is 4. The molecule has 0 radical (unpaired) electrons. The number of para-hydroxylation sites is 1. The Hall–Kier alpha value is -3.61. The van der Waals surface area contributed by atoms with Gasteiger partial charge in [0.25, 0.3) is 0 Å². The number of carbonyl (C=O) groups is 1. The van der Waals surface area contributed by atoms with E-state index in [0.29, 0.717) is 5.82 Å². The molecule has 148 valence electrons. The fraction of sp³-hybridized carbons (Fsp3) is 0.227. The van der Waals surface area contributed by atoms with Crippen molar-refractivity contribution in [2.45, 2.75) is 13.5 Å². The van der Waals surface area contributed by atoms with Gasteiger partial charge in [0.2, 0.25) is 5.91 Å². The van der Waals surface area contributed by atoms with Crippen molar-refractivity contribution in [1.29, 1.82) is 0 Å². The minimum Gasteiger partial charge on any atom is -0.377 e. The van der Waals surface area contributed by atoms with Crippen LogP contribution in [0.1, 0.15) is 5.69 Å². The number of rotatable bonds is 5. The summed E-state index contributed by atoms with van der Waals surface area (Å²) in [5.74, 6) is 0.534. The van der Waals surface area contributed by atoms with E-state index in [-0.39, 0.29) is 12.5 Å². The van der Waals surface area contributed by atoms with Crippen LogP contribution in [0.25, 0.3) is 22.0 Å². The highest BCUT2D eigenvalue weighted by molar-refractivity contribution is 5.92. The summed E-state index contributed by atoms with van der Waals surface area (Å²) in [4.78, 5) is 14.6. The number of nitrogens with one attached hydrogen (secondary N) is 1. The molecule has 0 unspecified atom stereocenters. The molecule has 0 fully saturated rings. The molecular weight excluding hydrogens is 364 g/mol. The fourth-order valence-electron chi connectivity index (χ4n) is 3.53. The lowest BCUT2D eigenvalue weighted by molar-refractivity contribution is -0.116. The van der Waals surface area contributed by atoms with Crippen molar-refractivity contribution < 1.29 is 4.79 Å². The molecule has 7 nitrogen and oxygen atoms in total. The number of hydrogen-bond donors (Lipinski definition) is 1. The van der Waals surface area contributed by atoms with Gasteiger partial charge in [0.15, 0.2) is 0 Å². The molecule has 4 aromatic rings. The second-order valence-corrected chi connectivity index (χ2v) is 7.33. The average Bonchev–Trinajstić information content (AvgIpc) is 3.23. The number of anilines is 2. The van der Waals surface area contributed by atoms with Gasteiger partial charge in [0.05, 0.1) is 17.4 Å². The lowest BCUT2D eigenvalue weighted by Crippen LogP contribution is -2.20. The van der Waals surface area contributed by atoms with Gasteiger partial charge in [0.1, 0.15) is 12.4 Å². The van der Waals surface area contributed by atoms with Crippen molar-refractivity contribution in [3.05, 3.63) is 60.4 Å². The third kappa shape index (κ3) is 3.71. The first-order valence-electron chi connectivity index (χ1n) is 9.45. The zero-order valence-corrected chi connectivity index (χ0v) is 17.0. The topological polar surface area (TPSA) is 68.0 Å². The van der Waals surface area contributed by atoms with Crippen LogP contribution in [0, 0.1) is 6.92 Å². The van der Waals surface area contributed by atoms with Gasteiger partial charge in [-0.1, -0.05) is 24.3 Å².